The van der Waals surface area contributed by atoms with Gasteiger partial charge in [-0.15, -0.1) is 0 Å². The molecule has 0 aliphatic carbocycles. The van der Waals surface area contributed by atoms with Crippen LogP contribution < -0.4 is 16.2 Å². The van der Waals surface area contributed by atoms with Gasteiger partial charge in [0.15, 0.2) is 0 Å². The Bertz CT molecular complexity index is 651. The number of nitrogens with one attached hydrogen (secondary N) is 1. The van der Waals surface area contributed by atoms with Crippen LogP contribution in [-0.2, 0) is 0 Å². The highest BCUT2D eigenvalue weighted by atomic mass is 16.2. The molecule has 1 aromatic heterocycles. The number of nitrogen functional groups attached to an aromatic ring is 1. The normalized spacial score (nSPS) is 9.71. The summed E-state index contributed by atoms with van der Waals surface area (Å²) in [7, 11) is 0. The number of amides is 1. The zero-order valence-corrected chi connectivity index (χ0v) is 11.4. The minimum atomic E-state index is -0.230. The minimum absolute atomic E-state index is 0.230. The van der Waals surface area contributed by atoms with Gasteiger partial charge >= 0.3 is 0 Å². The molecule has 0 saturated carbocycles. The Morgan fingerprint density at radius 2 is 2.10 bits per heavy atom. The lowest BCUT2D eigenvalue weighted by Crippen LogP contribution is -2.32. The molecule has 0 bridgehead atoms. The Morgan fingerprint density at radius 1 is 1.33 bits per heavy atom. The van der Waals surface area contributed by atoms with E-state index in [1.165, 1.54) is 12.4 Å². The van der Waals surface area contributed by atoms with Gasteiger partial charge in [-0.25, -0.2) is 0 Å². The Balaban J connectivity index is 2.37. The molecule has 1 aromatic carbocycles. The van der Waals surface area contributed by atoms with Crippen LogP contribution >= 0.6 is 0 Å². The summed E-state index contributed by atoms with van der Waals surface area (Å²) >= 11 is 0. The molecule has 0 atom stereocenters. The lowest BCUT2D eigenvalue weighted by molar-refractivity contribution is 0.0988. The molecule has 0 aliphatic rings. The summed E-state index contributed by atoms with van der Waals surface area (Å²) in [6.45, 7) is 0.311. The largest absolute Gasteiger partial charge is 0.322 e. The Morgan fingerprint density at radius 3 is 2.76 bits per heavy atom. The maximum atomic E-state index is 12.7. The van der Waals surface area contributed by atoms with Crippen LogP contribution in [0, 0.1) is 11.3 Å². The second-order valence-corrected chi connectivity index (χ2v) is 4.27. The van der Waals surface area contributed by atoms with E-state index in [2.05, 4.69) is 16.5 Å². The van der Waals surface area contributed by atoms with Crippen LogP contribution in [-0.4, -0.2) is 17.4 Å². The molecule has 106 valence electrons. The average Bonchev–Trinajstić information content (AvgIpc) is 2.56. The molecule has 21 heavy (non-hydrogen) atoms. The van der Waals surface area contributed by atoms with Crippen molar-refractivity contribution in [1.82, 2.24) is 4.98 Å². The van der Waals surface area contributed by atoms with Crippen molar-refractivity contribution in [2.45, 2.75) is 6.42 Å². The highest BCUT2D eigenvalue weighted by Gasteiger charge is 2.20. The van der Waals surface area contributed by atoms with Crippen molar-refractivity contribution in [2.75, 3.05) is 16.9 Å². The first kappa shape index (κ1) is 14.5. The van der Waals surface area contributed by atoms with Gasteiger partial charge < -0.3 is 10.3 Å². The number of carbonyl (C=O) groups excluding carboxylic acids is 1. The van der Waals surface area contributed by atoms with Crippen molar-refractivity contribution >= 4 is 17.3 Å². The number of hydrogen-bond acceptors (Lipinski definition) is 5. The van der Waals surface area contributed by atoms with Gasteiger partial charge in [-0.1, -0.05) is 18.2 Å². The highest BCUT2D eigenvalue weighted by Crippen LogP contribution is 2.20. The number of benzene rings is 1. The molecule has 6 nitrogen and oxygen atoms in total. The molecule has 6 heteroatoms. The Hall–Kier alpha value is -2.91. The third-order valence-electron chi connectivity index (χ3n) is 2.97. The van der Waals surface area contributed by atoms with Crippen molar-refractivity contribution in [2.24, 2.45) is 5.84 Å². The zero-order chi connectivity index (χ0) is 15.1. The average molecular weight is 281 g/mol. The van der Waals surface area contributed by atoms with Gasteiger partial charge in [0, 0.05) is 18.4 Å². The van der Waals surface area contributed by atoms with Crippen LogP contribution in [0.4, 0.5) is 11.4 Å². The van der Waals surface area contributed by atoms with E-state index in [-0.39, 0.29) is 12.3 Å². The van der Waals surface area contributed by atoms with E-state index in [1.54, 1.807) is 11.0 Å². The SMILES string of the molecule is N#CCCN(C(=O)c1ccncc1NN)c1ccccc1. The first-order chi connectivity index (χ1) is 10.3. The summed E-state index contributed by atoms with van der Waals surface area (Å²) in [5, 5.41) is 8.78. The van der Waals surface area contributed by atoms with Gasteiger partial charge in [-0.3, -0.25) is 15.6 Å². The molecule has 2 aromatic rings. The van der Waals surface area contributed by atoms with E-state index in [4.69, 9.17) is 11.1 Å². The van der Waals surface area contributed by atoms with Gasteiger partial charge in [0.2, 0.25) is 0 Å². The number of nitrogens with zero attached hydrogens (tertiary/aromatic N) is 3. The molecule has 2 rings (SSSR count). The summed E-state index contributed by atoms with van der Waals surface area (Å²) in [6.07, 6.45) is 3.26. The van der Waals surface area contributed by atoms with Crippen molar-refractivity contribution in [1.29, 1.82) is 5.26 Å². The number of hydrazine groups is 1. The van der Waals surface area contributed by atoms with E-state index in [0.29, 0.717) is 17.8 Å². The lowest BCUT2D eigenvalue weighted by Gasteiger charge is -2.22. The smallest absolute Gasteiger partial charge is 0.260 e. The third kappa shape index (κ3) is 3.35. The first-order valence-corrected chi connectivity index (χ1v) is 6.42. The molecule has 0 saturated heterocycles. The first-order valence-electron chi connectivity index (χ1n) is 6.42. The van der Waals surface area contributed by atoms with E-state index in [1.807, 2.05) is 30.3 Å². The molecule has 0 spiro atoms. The number of hydrogen-bond donors (Lipinski definition) is 2. The topological polar surface area (TPSA) is 95.0 Å². The third-order valence-corrected chi connectivity index (χ3v) is 2.97. The van der Waals surface area contributed by atoms with Gasteiger partial charge in [-0.2, -0.15) is 5.26 Å². The number of nitrogens with two attached hydrogens (primary N) is 1. The van der Waals surface area contributed by atoms with Crippen molar-refractivity contribution in [3.8, 4) is 6.07 Å². The molecule has 1 heterocycles. The Kier molecular flexibility index (Phi) is 4.85. The number of pyridine rings is 1. The molecule has 0 fully saturated rings. The number of aromatic nitrogens is 1. The number of nitriles is 1. The second kappa shape index (κ2) is 7.03. The minimum Gasteiger partial charge on any atom is -0.322 e. The molecule has 1 amide bonds. The van der Waals surface area contributed by atoms with Crippen molar-refractivity contribution in [3.05, 3.63) is 54.4 Å². The summed E-state index contributed by atoms with van der Waals surface area (Å²) in [4.78, 5) is 18.2. The quantitative estimate of drug-likeness (QED) is 0.645. The Labute approximate surface area is 122 Å². The van der Waals surface area contributed by atoms with Crippen molar-refractivity contribution in [3.63, 3.8) is 0 Å². The fourth-order valence-electron chi connectivity index (χ4n) is 1.96. The van der Waals surface area contributed by atoms with E-state index >= 15 is 0 Å². The van der Waals surface area contributed by atoms with Crippen LogP contribution in [0.3, 0.4) is 0 Å². The number of rotatable bonds is 5. The van der Waals surface area contributed by atoms with Crippen LogP contribution in [0.5, 0.6) is 0 Å². The van der Waals surface area contributed by atoms with E-state index < -0.39 is 0 Å². The molecule has 0 unspecified atom stereocenters. The van der Waals surface area contributed by atoms with E-state index in [9.17, 15) is 4.79 Å². The number of anilines is 2. The van der Waals surface area contributed by atoms with Crippen molar-refractivity contribution < 1.29 is 4.79 Å². The van der Waals surface area contributed by atoms with Gasteiger partial charge in [-0.05, 0) is 18.2 Å². The lowest BCUT2D eigenvalue weighted by atomic mass is 10.1. The highest BCUT2D eigenvalue weighted by molar-refractivity contribution is 6.09. The predicted octanol–water partition coefficient (Wildman–Crippen LogP) is 1.93. The van der Waals surface area contributed by atoms with Crippen LogP contribution in [0.2, 0.25) is 0 Å². The molecular weight excluding hydrogens is 266 g/mol. The van der Waals surface area contributed by atoms with Gasteiger partial charge in [0.25, 0.3) is 5.91 Å². The summed E-state index contributed by atoms with van der Waals surface area (Å²) in [6, 6.07) is 12.9. The fraction of sp³-hybridized carbons (Fsp3) is 0.133. The summed E-state index contributed by atoms with van der Waals surface area (Å²) < 4.78 is 0. The van der Waals surface area contributed by atoms with Crippen LogP contribution in [0.1, 0.15) is 16.8 Å². The zero-order valence-electron chi connectivity index (χ0n) is 11.4. The van der Waals surface area contributed by atoms with Crippen LogP contribution in [0.15, 0.2) is 48.8 Å². The van der Waals surface area contributed by atoms with E-state index in [0.717, 1.165) is 5.69 Å². The molecule has 0 radical (unpaired) electrons. The predicted molar refractivity (Wildman–Crippen MR) is 80.4 cm³/mol. The summed E-state index contributed by atoms with van der Waals surface area (Å²) in [5.74, 6) is 5.18. The van der Waals surface area contributed by atoms with Gasteiger partial charge in [0.05, 0.1) is 29.9 Å². The summed E-state index contributed by atoms with van der Waals surface area (Å²) in [5.41, 5.74) is 4.05. The maximum Gasteiger partial charge on any atom is 0.260 e. The number of carbonyl (C=O) groups is 1. The monoisotopic (exact) mass is 281 g/mol. The molecule has 3 N–H and O–H groups in total. The standard InChI is InChI=1S/C15H15N5O/c16-8-4-10-20(12-5-2-1-3-6-12)15(21)13-7-9-18-11-14(13)19-17/h1-3,5-7,9,11,19H,4,10,17H2. The fourth-order valence-corrected chi connectivity index (χ4v) is 1.96. The molecule has 0 aliphatic heterocycles. The second-order valence-electron chi connectivity index (χ2n) is 4.27. The maximum absolute atomic E-state index is 12.7. The molecular formula is C15H15N5O. The van der Waals surface area contributed by atoms with Crippen LogP contribution in [0.25, 0.3) is 0 Å². The van der Waals surface area contributed by atoms with Gasteiger partial charge in [0.1, 0.15) is 0 Å². The number of para-hydroxylation sites is 1.